The van der Waals surface area contributed by atoms with Crippen LogP contribution in [0.5, 0.6) is 0 Å². The quantitative estimate of drug-likeness (QED) is 0.758. The summed E-state index contributed by atoms with van der Waals surface area (Å²) in [4.78, 5) is 19.6. The molecule has 18 heavy (non-hydrogen) atoms. The first-order valence-corrected chi connectivity index (χ1v) is 6.15. The number of hydrogen-bond donors (Lipinski definition) is 1. The summed E-state index contributed by atoms with van der Waals surface area (Å²) >= 11 is 0. The van der Waals surface area contributed by atoms with Crippen molar-refractivity contribution < 1.29 is 9.18 Å². The van der Waals surface area contributed by atoms with Gasteiger partial charge in [-0.1, -0.05) is 0 Å². The minimum atomic E-state index is -0.294. The van der Waals surface area contributed by atoms with E-state index in [-0.39, 0.29) is 18.1 Å². The molecule has 0 radical (unpaired) electrons. The van der Waals surface area contributed by atoms with Gasteiger partial charge >= 0.3 is 0 Å². The van der Waals surface area contributed by atoms with E-state index in [0.29, 0.717) is 11.1 Å². The van der Waals surface area contributed by atoms with Gasteiger partial charge in [0.15, 0.2) is 5.78 Å². The minimum Gasteiger partial charge on any atom is -0.355 e. The predicted molar refractivity (Wildman–Crippen MR) is 66.9 cm³/mol. The van der Waals surface area contributed by atoms with Gasteiger partial charge in [0.1, 0.15) is 12.4 Å². The van der Waals surface area contributed by atoms with Crippen LogP contribution in [0.25, 0.3) is 10.9 Å². The van der Waals surface area contributed by atoms with E-state index >= 15 is 0 Å². The highest BCUT2D eigenvalue weighted by Crippen LogP contribution is 2.34. The Morgan fingerprint density at radius 1 is 1.28 bits per heavy atom. The van der Waals surface area contributed by atoms with Crippen LogP contribution < -0.4 is 0 Å². The maximum atomic E-state index is 13.9. The Kier molecular flexibility index (Phi) is 1.82. The lowest BCUT2D eigenvalue weighted by molar-refractivity contribution is 0.100. The van der Waals surface area contributed by atoms with E-state index in [0.717, 1.165) is 41.6 Å². The standard InChI is InChI=1S/C14H11FN2O/c15-8-5-4-7-11(18)6-16-9-2-1-3-10-13(9)12(7)14(8)17-10/h4-5,17H,1-3,6H2. The molecule has 0 saturated carbocycles. The second kappa shape index (κ2) is 3.28. The Morgan fingerprint density at radius 2 is 2.17 bits per heavy atom. The lowest BCUT2D eigenvalue weighted by atomic mass is 9.92. The summed E-state index contributed by atoms with van der Waals surface area (Å²) in [5, 5.41) is 0.742. The summed E-state index contributed by atoms with van der Waals surface area (Å²) in [6.07, 6.45) is 2.78. The van der Waals surface area contributed by atoms with Crippen molar-refractivity contribution in [3.63, 3.8) is 0 Å². The van der Waals surface area contributed by atoms with E-state index in [1.807, 2.05) is 0 Å². The number of nitrogens with one attached hydrogen (secondary N) is 1. The number of rotatable bonds is 0. The fourth-order valence-electron chi connectivity index (χ4n) is 3.03. The van der Waals surface area contributed by atoms with Gasteiger partial charge in [0.25, 0.3) is 0 Å². The fourth-order valence-corrected chi connectivity index (χ4v) is 3.03. The Balaban J connectivity index is 2.24. The van der Waals surface area contributed by atoms with E-state index < -0.39 is 0 Å². The lowest BCUT2D eigenvalue weighted by Gasteiger charge is -2.13. The Bertz CT molecular complexity index is 727. The second-order valence-corrected chi connectivity index (χ2v) is 4.86. The van der Waals surface area contributed by atoms with Gasteiger partial charge in [0.05, 0.1) is 5.52 Å². The highest BCUT2D eigenvalue weighted by Gasteiger charge is 2.28. The summed E-state index contributed by atoms with van der Waals surface area (Å²) in [5.74, 6) is -0.319. The van der Waals surface area contributed by atoms with E-state index in [4.69, 9.17) is 0 Å². The monoisotopic (exact) mass is 242 g/mol. The highest BCUT2D eigenvalue weighted by molar-refractivity contribution is 6.21. The minimum absolute atomic E-state index is 0.0244. The van der Waals surface area contributed by atoms with Crippen LogP contribution in [-0.2, 0) is 6.42 Å². The zero-order valence-corrected chi connectivity index (χ0v) is 9.72. The first-order chi connectivity index (χ1) is 8.75. The molecule has 1 aliphatic carbocycles. The number of aromatic nitrogens is 1. The van der Waals surface area contributed by atoms with Crippen LogP contribution in [0.2, 0.25) is 0 Å². The number of ketones is 1. The van der Waals surface area contributed by atoms with Crippen molar-refractivity contribution in [3.8, 4) is 0 Å². The molecule has 0 atom stereocenters. The van der Waals surface area contributed by atoms with Gasteiger partial charge in [-0.25, -0.2) is 4.39 Å². The van der Waals surface area contributed by atoms with E-state index in [1.165, 1.54) is 6.07 Å². The molecule has 0 saturated heterocycles. The van der Waals surface area contributed by atoms with Gasteiger partial charge in [-0.3, -0.25) is 9.79 Å². The molecule has 2 heterocycles. The average molecular weight is 242 g/mol. The normalized spacial score (nSPS) is 17.8. The van der Waals surface area contributed by atoms with Crippen LogP contribution in [0.3, 0.4) is 0 Å². The highest BCUT2D eigenvalue weighted by atomic mass is 19.1. The van der Waals surface area contributed by atoms with Crippen LogP contribution in [0.1, 0.15) is 34.5 Å². The molecule has 2 aliphatic rings. The van der Waals surface area contributed by atoms with Crippen LogP contribution in [0.15, 0.2) is 17.1 Å². The number of hydrogen-bond acceptors (Lipinski definition) is 2. The molecule has 2 aromatic rings. The third kappa shape index (κ3) is 1.12. The van der Waals surface area contributed by atoms with Crippen molar-refractivity contribution in [3.05, 3.63) is 34.8 Å². The number of benzene rings is 1. The van der Waals surface area contributed by atoms with Crippen molar-refractivity contribution in [2.45, 2.75) is 19.3 Å². The summed E-state index contributed by atoms with van der Waals surface area (Å²) in [5.41, 5.74) is 4.03. The molecular formula is C14H11FN2O. The van der Waals surface area contributed by atoms with Crippen LogP contribution in [0, 0.1) is 5.82 Å². The number of aromatic amines is 1. The second-order valence-electron chi connectivity index (χ2n) is 4.86. The zero-order chi connectivity index (χ0) is 12.3. The molecule has 0 bridgehead atoms. The van der Waals surface area contributed by atoms with Crippen LogP contribution >= 0.6 is 0 Å². The molecule has 0 unspecified atom stereocenters. The van der Waals surface area contributed by atoms with Crippen molar-refractivity contribution in [2.24, 2.45) is 4.99 Å². The number of Topliss-reactive ketones (excluding diaryl/α,β-unsaturated/α-hetero) is 1. The third-order valence-corrected chi connectivity index (χ3v) is 3.83. The molecule has 4 rings (SSSR count). The maximum absolute atomic E-state index is 13.9. The van der Waals surface area contributed by atoms with Crippen LogP contribution in [0.4, 0.5) is 4.39 Å². The number of carbonyl (C=O) groups excluding carboxylic acids is 1. The van der Waals surface area contributed by atoms with E-state index in [1.54, 1.807) is 6.07 Å². The number of halogens is 1. The van der Waals surface area contributed by atoms with Gasteiger partial charge in [-0.2, -0.15) is 0 Å². The van der Waals surface area contributed by atoms with Gasteiger partial charge in [0, 0.05) is 27.9 Å². The summed E-state index contributed by atoms with van der Waals surface area (Å²) in [6.45, 7) is 0.185. The predicted octanol–water partition coefficient (Wildman–Crippen LogP) is 2.63. The van der Waals surface area contributed by atoms with Gasteiger partial charge < -0.3 is 4.98 Å². The Hall–Kier alpha value is -1.97. The van der Waals surface area contributed by atoms with Crippen molar-refractivity contribution in [1.29, 1.82) is 0 Å². The molecule has 4 heteroatoms. The first-order valence-electron chi connectivity index (χ1n) is 6.15. The van der Waals surface area contributed by atoms with E-state index in [2.05, 4.69) is 9.98 Å². The number of H-pyrrole nitrogens is 1. The number of aliphatic imine (C=N–C) groups is 1. The lowest BCUT2D eigenvalue weighted by Crippen LogP contribution is -2.10. The summed E-state index contributed by atoms with van der Waals surface area (Å²) in [6, 6.07) is 2.95. The largest absolute Gasteiger partial charge is 0.355 e. The average Bonchev–Trinajstić information content (AvgIpc) is 2.70. The molecule has 1 aromatic carbocycles. The summed E-state index contributed by atoms with van der Waals surface area (Å²) < 4.78 is 13.9. The van der Waals surface area contributed by atoms with Crippen molar-refractivity contribution >= 4 is 22.4 Å². The number of aryl methyl sites for hydroxylation is 1. The SMILES string of the molecule is O=C1CN=C2CCCc3[nH]c4c(F)ccc1c4c32. The molecule has 0 fully saturated rings. The smallest absolute Gasteiger partial charge is 0.184 e. The zero-order valence-electron chi connectivity index (χ0n) is 9.72. The molecule has 1 N–H and O–H groups in total. The Labute approximate surface area is 103 Å². The molecule has 1 aliphatic heterocycles. The van der Waals surface area contributed by atoms with Gasteiger partial charge in [-0.05, 0) is 31.4 Å². The molecule has 0 amide bonds. The molecule has 0 spiro atoms. The van der Waals surface area contributed by atoms with Gasteiger partial charge in [-0.15, -0.1) is 0 Å². The summed E-state index contributed by atoms with van der Waals surface area (Å²) in [7, 11) is 0. The molecular weight excluding hydrogens is 231 g/mol. The van der Waals surface area contributed by atoms with Gasteiger partial charge in [0.2, 0.25) is 0 Å². The topological polar surface area (TPSA) is 45.2 Å². The maximum Gasteiger partial charge on any atom is 0.184 e. The number of carbonyl (C=O) groups is 1. The molecule has 90 valence electrons. The number of nitrogens with zero attached hydrogens (tertiary/aromatic N) is 1. The fraction of sp³-hybridized carbons (Fsp3) is 0.286. The third-order valence-electron chi connectivity index (χ3n) is 3.83. The first kappa shape index (κ1) is 10.00. The molecule has 3 nitrogen and oxygen atoms in total. The van der Waals surface area contributed by atoms with E-state index in [9.17, 15) is 9.18 Å². The van der Waals surface area contributed by atoms with Crippen molar-refractivity contribution in [2.75, 3.05) is 6.54 Å². The van der Waals surface area contributed by atoms with Crippen molar-refractivity contribution in [1.82, 2.24) is 4.98 Å². The van der Waals surface area contributed by atoms with Crippen LogP contribution in [-0.4, -0.2) is 23.0 Å². The Morgan fingerprint density at radius 3 is 3.06 bits per heavy atom. The molecule has 1 aromatic heterocycles.